The Morgan fingerprint density at radius 1 is 1.40 bits per heavy atom. The molecule has 0 aromatic carbocycles. The zero-order valence-electron chi connectivity index (χ0n) is 12.9. The van der Waals surface area contributed by atoms with Crippen molar-refractivity contribution in [3.8, 4) is 0 Å². The lowest BCUT2D eigenvalue weighted by atomic mass is 9.95. The first-order valence-corrected chi connectivity index (χ1v) is 7.03. The molecule has 116 valence electrons. The number of amides is 2. The fourth-order valence-electron chi connectivity index (χ4n) is 2.31. The number of rotatable bonds is 4. The third-order valence-electron chi connectivity index (χ3n) is 3.45. The smallest absolute Gasteiger partial charge is 0.318 e. The largest absolute Gasteiger partial charge is 0.481 e. The van der Waals surface area contributed by atoms with Crippen LogP contribution < -0.4 is 5.32 Å². The molecule has 6 heteroatoms. The molecule has 20 heavy (non-hydrogen) atoms. The maximum atomic E-state index is 12.4. The van der Waals surface area contributed by atoms with Gasteiger partial charge in [0.2, 0.25) is 0 Å². The molecule has 1 aliphatic heterocycles. The Kier molecular flexibility index (Phi) is 5.39. The molecule has 6 nitrogen and oxygen atoms in total. The highest BCUT2D eigenvalue weighted by atomic mass is 16.5. The minimum Gasteiger partial charge on any atom is -0.481 e. The molecule has 1 fully saturated rings. The summed E-state index contributed by atoms with van der Waals surface area (Å²) < 4.78 is 5.42. The van der Waals surface area contributed by atoms with Crippen molar-refractivity contribution in [2.24, 2.45) is 0 Å². The van der Waals surface area contributed by atoms with E-state index in [9.17, 15) is 9.59 Å². The molecule has 0 saturated carbocycles. The number of urea groups is 1. The lowest BCUT2D eigenvalue weighted by Gasteiger charge is -2.40. The van der Waals surface area contributed by atoms with E-state index in [0.29, 0.717) is 6.61 Å². The van der Waals surface area contributed by atoms with E-state index < -0.39 is 11.5 Å². The van der Waals surface area contributed by atoms with E-state index in [1.54, 1.807) is 4.90 Å². The molecule has 0 radical (unpaired) electrons. The van der Waals surface area contributed by atoms with Gasteiger partial charge in [0.15, 0.2) is 0 Å². The fourth-order valence-corrected chi connectivity index (χ4v) is 2.31. The van der Waals surface area contributed by atoms with Crippen LogP contribution in [0.1, 0.15) is 47.0 Å². The van der Waals surface area contributed by atoms with E-state index >= 15 is 0 Å². The monoisotopic (exact) mass is 286 g/mol. The van der Waals surface area contributed by atoms with Gasteiger partial charge in [-0.1, -0.05) is 0 Å². The summed E-state index contributed by atoms with van der Waals surface area (Å²) in [5.41, 5.74) is -0.798. The maximum Gasteiger partial charge on any atom is 0.318 e. The quantitative estimate of drug-likeness (QED) is 0.826. The molecule has 1 rings (SSSR count). The van der Waals surface area contributed by atoms with Crippen LogP contribution in [0.5, 0.6) is 0 Å². The van der Waals surface area contributed by atoms with Crippen LogP contribution in [0.2, 0.25) is 0 Å². The van der Waals surface area contributed by atoms with Gasteiger partial charge in [-0.05, 0) is 40.5 Å². The van der Waals surface area contributed by atoms with Crippen LogP contribution in [0.4, 0.5) is 4.79 Å². The number of nitrogens with zero attached hydrogens (tertiary/aromatic N) is 1. The second-order valence-corrected chi connectivity index (χ2v) is 6.61. The molecule has 0 aromatic heterocycles. The third-order valence-corrected chi connectivity index (χ3v) is 3.45. The van der Waals surface area contributed by atoms with Crippen molar-refractivity contribution in [3.63, 3.8) is 0 Å². The molecule has 1 unspecified atom stereocenters. The maximum absolute atomic E-state index is 12.4. The van der Waals surface area contributed by atoms with Crippen LogP contribution in [-0.4, -0.2) is 52.8 Å². The number of hydrogen-bond donors (Lipinski definition) is 2. The first-order valence-electron chi connectivity index (χ1n) is 7.03. The van der Waals surface area contributed by atoms with E-state index in [2.05, 4.69) is 5.32 Å². The van der Waals surface area contributed by atoms with Crippen molar-refractivity contribution < 1.29 is 19.4 Å². The van der Waals surface area contributed by atoms with Gasteiger partial charge < -0.3 is 20.1 Å². The predicted octanol–water partition coefficient (Wildman–Crippen LogP) is 1.84. The molecular formula is C14H26N2O4. The number of carbonyl (C=O) groups excluding carboxylic acids is 1. The Morgan fingerprint density at radius 2 is 2.05 bits per heavy atom. The molecule has 1 aliphatic rings. The van der Waals surface area contributed by atoms with E-state index in [1.165, 1.54) is 0 Å². The average molecular weight is 286 g/mol. The average Bonchev–Trinajstić information content (AvgIpc) is 2.26. The van der Waals surface area contributed by atoms with Gasteiger partial charge in [0.05, 0.1) is 18.6 Å². The number of aliphatic carboxylic acids is 1. The molecule has 1 saturated heterocycles. The number of hydrogen-bond acceptors (Lipinski definition) is 3. The van der Waals surface area contributed by atoms with Crippen LogP contribution in [-0.2, 0) is 9.53 Å². The molecule has 2 N–H and O–H groups in total. The number of carboxylic acid groups (broad SMARTS) is 1. The highest BCUT2D eigenvalue weighted by Crippen LogP contribution is 2.21. The third kappa shape index (κ3) is 5.00. The summed E-state index contributed by atoms with van der Waals surface area (Å²) in [4.78, 5) is 24.7. The number of carbonyl (C=O) groups is 2. The van der Waals surface area contributed by atoms with Gasteiger partial charge in [0.25, 0.3) is 0 Å². The van der Waals surface area contributed by atoms with Gasteiger partial charge >= 0.3 is 12.0 Å². The number of nitrogens with one attached hydrogen (secondary N) is 1. The molecule has 0 bridgehead atoms. The highest BCUT2D eigenvalue weighted by Gasteiger charge is 2.34. The Balaban J connectivity index is 2.69. The molecule has 1 heterocycles. The molecule has 0 spiro atoms. The van der Waals surface area contributed by atoms with Crippen LogP contribution in [0.3, 0.4) is 0 Å². The van der Waals surface area contributed by atoms with Gasteiger partial charge in [0, 0.05) is 18.7 Å². The number of carboxylic acids is 1. The molecule has 0 aromatic rings. The first kappa shape index (κ1) is 16.8. The lowest BCUT2D eigenvalue weighted by Crippen LogP contribution is -2.59. The van der Waals surface area contributed by atoms with Crippen molar-refractivity contribution >= 4 is 12.0 Å². The zero-order chi connectivity index (χ0) is 15.4. The van der Waals surface area contributed by atoms with E-state index in [0.717, 1.165) is 19.4 Å². The standard InChI is InChI=1S/C14H26N2O4/c1-13(2,3)16(8-6-11(17)18)12(19)15-14(4)7-5-9-20-10-14/h5-10H2,1-4H3,(H,15,19)(H,17,18). The summed E-state index contributed by atoms with van der Waals surface area (Å²) in [6, 6.07) is -0.230. The Bertz CT molecular complexity index is 357. The number of ether oxygens (including phenoxy) is 1. The van der Waals surface area contributed by atoms with Crippen LogP contribution in [0.25, 0.3) is 0 Å². The highest BCUT2D eigenvalue weighted by molar-refractivity contribution is 5.76. The summed E-state index contributed by atoms with van der Waals surface area (Å²) >= 11 is 0. The van der Waals surface area contributed by atoms with E-state index in [4.69, 9.17) is 9.84 Å². The second-order valence-electron chi connectivity index (χ2n) is 6.61. The van der Waals surface area contributed by atoms with Crippen molar-refractivity contribution in [3.05, 3.63) is 0 Å². The Labute approximate surface area is 120 Å². The summed E-state index contributed by atoms with van der Waals surface area (Å²) in [5.74, 6) is -0.903. The summed E-state index contributed by atoms with van der Waals surface area (Å²) in [6.45, 7) is 9.07. The van der Waals surface area contributed by atoms with Gasteiger partial charge in [-0.25, -0.2) is 4.79 Å². The van der Waals surface area contributed by atoms with Gasteiger partial charge in [0.1, 0.15) is 0 Å². The molecule has 1 atom stereocenters. The first-order chi connectivity index (χ1) is 9.14. The van der Waals surface area contributed by atoms with Gasteiger partial charge in [-0.3, -0.25) is 4.79 Å². The van der Waals surface area contributed by atoms with Crippen molar-refractivity contribution in [1.82, 2.24) is 10.2 Å². The summed E-state index contributed by atoms with van der Waals surface area (Å²) in [5, 5.41) is 11.8. The Hall–Kier alpha value is -1.30. The topological polar surface area (TPSA) is 78.9 Å². The minimum absolute atomic E-state index is 0.0576. The molecule has 2 amide bonds. The van der Waals surface area contributed by atoms with Gasteiger partial charge in [-0.2, -0.15) is 0 Å². The minimum atomic E-state index is -0.903. The van der Waals surface area contributed by atoms with Crippen LogP contribution >= 0.6 is 0 Å². The summed E-state index contributed by atoms with van der Waals surface area (Å²) in [7, 11) is 0. The Morgan fingerprint density at radius 3 is 2.50 bits per heavy atom. The van der Waals surface area contributed by atoms with Crippen molar-refractivity contribution in [2.75, 3.05) is 19.8 Å². The van der Waals surface area contributed by atoms with Crippen molar-refractivity contribution in [1.29, 1.82) is 0 Å². The van der Waals surface area contributed by atoms with Crippen LogP contribution in [0, 0.1) is 0 Å². The molecule has 0 aliphatic carbocycles. The zero-order valence-corrected chi connectivity index (χ0v) is 12.9. The van der Waals surface area contributed by atoms with Gasteiger partial charge in [-0.15, -0.1) is 0 Å². The summed E-state index contributed by atoms with van der Waals surface area (Å²) in [6.07, 6.45) is 1.73. The lowest BCUT2D eigenvalue weighted by molar-refractivity contribution is -0.137. The van der Waals surface area contributed by atoms with Crippen LogP contribution in [0.15, 0.2) is 0 Å². The van der Waals surface area contributed by atoms with Crippen molar-refractivity contribution in [2.45, 2.75) is 58.0 Å². The van der Waals surface area contributed by atoms with E-state index in [1.807, 2.05) is 27.7 Å². The molecular weight excluding hydrogens is 260 g/mol. The van der Waals surface area contributed by atoms with E-state index in [-0.39, 0.29) is 24.5 Å². The normalized spacial score (nSPS) is 23.2. The SMILES string of the molecule is CC1(NC(=O)N(CCC(=O)O)C(C)(C)C)CCCOC1. The fraction of sp³-hybridized carbons (Fsp3) is 0.857. The second kappa shape index (κ2) is 6.43. The predicted molar refractivity (Wildman–Crippen MR) is 75.7 cm³/mol.